The van der Waals surface area contributed by atoms with Crippen LogP contribution in [0.5, 0.6) is 5.75 Å². The van der Waals surface area contributed by atoms with Gasteiger partial charge in [-0.3, -0.25) is 4.99 Å². The van der Waals surface area contributed by atoms with Crippen LogP contribution in [0.2, 0.25) is 0 Å². The predicted molar refractivity (Wildman–Crippen MR) is 112 cm³/mol. The molecule has 3 rings (SSSR count). The van der Waals surface area contributed by atoms with Gasteiger partial charge in [0.25, 0.3) is 0 Å². The number of nitrogens with zero attached hydrogens (tertiary/aromatic N) is 2. The maximum atomic E-state index is 6.02. The van der Waals surface area contributed by atoms with Crippen LogP contribution in [-0.2, 0) is 6.54 Å². The van der Waals surface area contributed by atoms with Crippen molar-refractivity contribution in [1.29, 1.82) is 0 Å². The predicted octanol–water partition coefficient (Wildman–Crippen LogP) is 3.40. The second-order valence-electron chi connectivity index (χ2n) is 7.90. The number of hydrogen-bond acceptors (Lipinski definition) is 3. The third-order valence-corrected chi connectivity index (χ3v) is 5.57. The first kappa shape index (κ1) is 20.0. The lowest BCUT2D eigenvalue weighted by Gasteiger charge is -2.33. The van der Waals surface area contributed by atoms with Gasteiger partial charge >= 0.3 is 0 Å². The molecule has 1 heterocycles. The SMILES string of the molecule is CCCCN1CCC(NC(=NC)NCc2ccccc2OCC2CC2)CC1. The molecule has 1 aliphatic heterocycles. The summed E-state index contributed by atoms with van der Waals surface area (Å²) in [5, 5.41) is 7.07. The smallest absolute Gasteiger partial charge is 0.191 e. The minimum Gasteiger partial charge on any atom is -0.493 e. The first-order valence-corrected chi connectivity index (χ1v) is 10.7. The van der Waals surface area contributed by atoms with E-state index in [0.29, 0.717) is 6.04 Å². The number of aliphatic imine (C=N–C) groups is 1. The minimum absolute atomic E-state index is 0.510. The van der Waals surface area contributed by atoms with Gasteiger partial charge in [-0.1, -0.05) is 31.5 Å². The molecule has 2 aliphatic rings. The monoisotopic (exact) mass is 372 g/mol. The molecule has 0 unspecified atom stereocenters. The van der Waals surface area contributed by atoms with Gasteiger partial charge in [-0.25, -0.2) is 0 Å². The molecule has 1 aliphatic carbocycles. The summed E-state index contributed by atoms with van der Waals surface area (Å²) in [6.45, 7) is 7.46. The van der Waals surface area contributed by atoms with Gasteiger partial charge in [-0.15, -0.1) is 0 Å². The Morgan fingerprint density at radius 2 is 1.96 bits per heavy atom. The molecule has 0 atom stereocenters. The molecule has 5 heteroatoms. The van der Waals surface area contributed by atoms with Crippen molar-refractivity contribution in [3.8, 4) is 5.75 Å². The van der Waals surface area contributed by atoms with E-state index >= 15 is 0 Å². The summed E-state index contributed by atoms with van der Waals surface area (Å²) in [5.41, 5.74) is 1.19. The van der Waals surface area contributed by atoms with Crippen LogP contribution in [0.1, 0.15) is 51.0 Å². The molecule has 2 N–H and O–H groups in total. The number of ether oxygens (including phenoxy) is 1. The van der Waals surface area contributed by atoms with Crippen LogP contribution >= 0.6 is 0 Å². The van der Waals surface area contributed by atoms with E-state index in [2.05, 4.69) is 45.6 Å². The summed E-state index contributed by atoms with van der Waals surface area (Å²) in [6, 6.07) is 8.83. The first-order chi connectivity index (χ1) is 13.3. The molecule has 1 saturated carbocycles. The van der Waals surface area contributed by atoms with E-state index in [0.717, 1.165) is 30.8 Å². The number of para-hydroxylation sites is 1. The lowest BCUT2D eigenvalue weighted by molar-refractivity contribution is 0.203. The lowest BCUT2D eigenvalue weighted by atomic mass is 10.0. The highest BCUT2D eigenvalue weighted by atomic mass is 16.5. The Hall–Kier alpha value is -1.75. The number of nitrogens with one attached hydrogen (secondary N) is 2. The van der Waals surface area contributed by atoms with Crippen LogP contribution in [0, 0.1) is 5.92 Å². The Labute approximate surface area is 164 Å². The van der Waals surface area contributed by atoms with Crippen LogP contribution < -0.4 is 15.4 Å². The quantitative estimate of drug-likeness (QED) is 0.515. The van der Waals surface area contributed by atoms with E-state index < -0.39 is 0 Å². The van der Waals surface area contributed by atoms with Gasteiger partial charge in [0.1, 0.15) is 5.75 Å². The topological polar surface area (TPSA) is 48.9 Å². The van der Waals surface area contributed by atoms with Crippen molar-refractivity contribution in [1.82, 2.24) is 15.5 Å². The molecule has 1 aromatic carbocycles. The fraction of sp³-hybridized carbons (Fsp3) is 0.682. The van der Waals surface area contributed by atoms with Gasteiger partial charge in [0.15, 0.2) is 5.96 Å². The number of likely N-dealkylation sites (tertiary alicyclic amines) is 1. The molecular weight excluding hydrogens is 336 g/mol. The van der Waals surface area contributed by atoms with E-state index in [1.54, 1.807) is 0 Å². The highest BCUT2D eigenvalue weighted by Gasteiger charge is 2.22. The van der Waals surface area contributed by atoms with E-state index in [4.69, 9.17) is 4.74 Å². The average Bonchev–Trinajstić information content (AvgIpc) is 3.54. The van der Waals surface area contributed by atoms with E-state index in [-0.39, 0.29) is 0 Å². The van der Waals surface area contributed by atoms with Crippen molar-refractivity contribution >= 4 is 5.96 Å². The van der Waals surface area contributed by atoms with Crippen LogP contribution in [0.25, 0.3) is 0 Å². The van der Waals surface area contributed by atoms with Crippen molar-refractivity contribution in [2.45, 2.75) is 58.0 Å². The fourth-order valence-corrected chi connectivity index (χ4v) is 3.53. The van der Waals surface area contributed by atoms with Gasteiger partial charge in [-0.05, 0) is 50.6 Å². The summed E-state index contributed by atoms with van der Waals surface area (Å²) >= 11 is 0. The Morgan fingerprint density at radius 3 is 2.67 bits per heavy atom. The number of rotatable bonds is 9. The lowest BCUT2D eigenvalue weighted by Crippen LogP contribution is -2.48. The summed E-state index contributed by atoms with van der Waals surface area (Å²) in [7, 11) is 1.85. The highest BCUT2D eigenvalue weighted by molar-refractivity contribution is 5.80. The molecule has 2 fully saturated rings. The van der Waals surface area contributed by atoms with Crippen molar-refractivity contribution in [3.05, 3.63) is 29.8 Å². The molecular formula is C22H36N4O. The summed E-state index contributed by atoms with van der Waals surface area (Å²) < 4.78 is 6.02. The minimum atomic E-state index is 0.510. The maximum absolute atomic E-state index is 6.02. The van der Waals surface area contributed by atoms with Gasteiger partial charge in [0.2, 0.25) is 0 Å². The van der Waals surface area contributed by atoms with E-state index in [1.807, 2.05) is 13.1 Å². The number of hydrogen-bond donors (Lipinski definition) is 2. The molecule has 0 amide bonds. The number of unbranched alkanes of at least 4 members (excludes halogenated alkanes) is 1. The first-order valence-electron chi connectivity index (χ1n) is 10.7. The van der Waals surface area contributed by atoms with Crippen LogP contribution in [0.3, 0.4) is 0 Å². The molecule has 5 nitrogen and oxygen atoms in total. The van der Waals surface area contributed by atoms with Crippen LogP contribution in [0.4, 0.5) is 0 Å². The standard InChI is InChI=1S/C22H36N4O/c1-3-4-13-26-14-11-20(12-15-26)25-22(23-2)24-16-19-7-5-6-8-21(19)27-17-18-9-10-18/h5-8,18,20H,3-4,9-17H2,1-2H3,(H2,23,24,25). The molecule has 0 aromatic heterocycles. The molecule has 1 saturated heterocycles. The van der Waals surface area contributed by atoms with Crippen LogP contribution in [0.15, 0.2) is 29.3 Å². The number of piperidine rings is 1. The third kappa shape index (κ3) is 6.73. The highest BCUT2D eigenvalue weighted by Crippen LogP contribution is 2.30. The zero-order valence-electron chi connectivity index (χ0n) is 17.0. The normalized spacial score (nSPS) is 19.1. The molecule has 0 spiro atoms. The molecule has 27 heavy (non-hydrogen) atoms. The van der Waals surface area contributed by atoms with Crippen molar-refractivity contribution in [2.75, 3.05) is 33.3 Å². The van der Waals surface area contributed by atoms with Gasteiger partial charge < -0.3 is 20.3 Å². The Morgan fingerprint density at radius 1 is 1.19 bits per heavy atom. The average molecular weight is 373 g/mol. The summed E-state index contributed by atoms with van der Waals surface area (Å²) in [4.78, 5) is 7.01. The summed E-state index contributed by atoms with van der Waals surface area (Å²) in [6.07, 6.45) is 7.59. The molecule has 150 valence electrons. The van der Waals surface area contributed by atoms with Crippen LogP contribution in [-0.4, -0.2) is 50.2 Å². The van der Waals surface area contributed by atoms with Crippen molar-refractivity contribution in [3.63, 3.8) is 0 Å². The Balaban J connectivity index is 1.43. The largest absolute Gasteiger partial charge is 0.493 e. The Kier molecular flexibility index (Phi) is 7.81. The second kappa shape index (κ2) is 10.5. The van der Waals surface area contributed by atoms with Crippen molar-refractivity contribution < 1.29 is 4.74 Å². The zero-order valence-corrected chi connectivity index (χ0v) is 17.0. The maximum Gasteiger partial charge on any atom is 0.191 e. The van der Waals surface area contributed by atoms with Crippen molar-refractivity contribution in [2.24, 2.45) is 10.9 Å². The Bertz CT molecular complexity index is 592. The fourth-order valence-electron chi connectivity index (χ4n) is 3.53. The van der Waals surface area contributed by atoms with Gasteiger partial charge in [-0.2, -0.15) is 0 Å². The molecule has 1 aromatic rings. The van der Waals surface area contributed by atoms with Gasteiger partial charge in [0, 0.05) is 38.3 Å². The number of benzene rings is 1. The zero-order chi connectivity index (χ0) is 18.9. The molecule has 0 radical (unpaired) electrons. The number of guanidine groups is 1. The van der Waals surface area contributed by atoms with E-state index in [1.165, 1.54) is 63.7 Å². The summed E-state index contributed by atoms with van der Waals surface area (Å²) in [5.74, 6) is 2.65. The second-order valence-corrected chi connectivity index (χ2v) is 7.90. The molecule has 0 bridgehead atoms. The van der Waals surface area contributed by atoms with Gasteiger partial charge in [0.05, 0.1) is 6.61 Å². The van der Waals surface area contributed by atoms with E-state index in [9.17, 15) is 0 Å². The third-order valence-electron chi connectivity index (χ3n) is 5.57.